The van der Waals surface area contributed by atoms with Gasteiger partial charge in [0.1, 0.15) is 5.58 Å². The van der Waals surface area contributed by atoms with Crippen LogP contribution in [0.4, 0.5) is 5.69 Å². The van der Waals surface area contributed by atoms with Crippen LogP contribution >= 0.6 is 15.9 Å². The van der Waals surface area contributed by atoms with Crippen LogP contribution in [0, 0.1) is 0 Å². The van der Waals surface area contributed by atoms with E-state index in [1.165, 1.54) is 6.07 Å². The topological polar surface area (TPSA) is 80.0 Å². The van der Waals surface area contributed by atoms with Crippen molar-refractivity contribution in [3.05, 3.63) is 98.3 Å². The number of benzene rings is 3. The number of amides is 1. The summed E-state index contributed by atoms with van der Waals surface area (Å²) in [6, 6.07) is 18.3. The van der Waals surface area contributed by atoms with E-state index in [4.69, 9.17) is 9.15 Å². The Labute approximate surface area is 191 Å². The molecule has 0 spiro atoms. The number of carbonyl (C=O) groups is 1. The molecule has 1 aromatic heterocycles. The molecule has 1 aliphatic heterocycles. The number of para-hydroxylation sites is 1. The Hall–Kier alpha value is -3.58. The van der Waals surface area contributed by atoms with E-state index in [9.17, 15) is 14.7 Å². The van der Waals surface area contributed by atoms with E-state index < -0.39 is 11.9 Å². The van der Waals surface area contributed by atoms with E-state index in [1.54, 1.807) is 53.4 Å². The van der Waals surface area contributed by atoms with Gasteiger partial charge in [-0.05, 0) is 61.0 Å². The van der Waals surface area contributed by atoms with E-state index in [0.29, 0.717) is 28.8 Å². The average Bonchev–Trinajstić information content (AvgIpc) is 3.09. The van der Waals surface area contributed by atoms with Gasteiger partial charge in [0, 0.05) is 10.2 Å². The summed E-state index contributed by atoms with van der Waals surface area (Å²) in [5.74, 6) is -0.110. The number of rotatable bonds is 4. The monoisotopic (exact) mass is 491 g/mol. The normalized spacial score (nSPS) is 15.2. The second kappa shape index (κ2) is 7.84. The Bertz CT molecular complexity index is 1410. The lowest BCUT2D eigenvalue weighted by Gasteiger charge is -2.25. The molecule has 32 heavy (non-hydrogen) atoms. The maximum Gasteiger partial charge on any atom is 0.295 e. The van der Waals surface area contributed by atoms with Gasteiger partial charge in [-0.15, -0.1) is 0 Å². The van der Waals surface area contributed by atoms with E-state index >= 15 is 0 Å². The third-order valence-electron chi connectivity index (χ3n) is 5.48. The average molecular weight is 492 g/mol. The molecule has 5 rings (SSSR count). The third-order valence-corrected chi connectivity index (χ3v) is 6.01. The Morgan fingerprint density at radius 3 is 2.56 bits per heavy atom. The van der Waals surface area contributed by atoms with E-state index in [0.717, 1.165) is 4.47 Å². The van der Waals surface area contributed by atoms with Crippen LogP contribution in [0.5, 0.6) is 11.5 Å². The van der Waals surface area contributed by atoms with Crippen molar-refractivity contribution < 1.29 is 19.1 Å². The van der Waals surface area contributed by atoms with E-state index in [2.05, 4.69) is 15.9 Å². The van der Waals surface area contributed by atoms with Gasteiger partial charge >= 0.3 is 0 Å². The number of carbonyl (C=O) groups excluding carboxylic acids is 1. The number of aromatic hydroxyl groups is 1. The van der Waals surface area contributed by atoms with Crippen LogP contribution in [-0.2, 0) is 0 Å². The summed E-state index contributed by atoms with van der Waals surface area (Å²) in [4.78, 5) is 28.6. The molecule has 0 saturated heterocycles. The molecule has 0 radical (unpaired) electrons. The number of anilines is 1. The molecule has 2 heterocycles. The van der Waals surface area contributed by atoms with Crippen molar-refractivity contribution >= 4 is 38.5 Å². The van der Waals surface area contributed by atoms with Crippen LogP contribution in [0.15, 0.2) is 80.4 Å². The second-order valence-corrected chi connectivity index (χ2v) is 8.30. The number of ether oxygens (including phenoxy) is 1. The summed E-state index contributed by atoms with van der Waals surface area (Å²) in [5.41, 5.74) is 1.62. The van der Waals surface area contributed by atoms with Crippen molar-refractivity contribution in [2.24, 2.45) is 0 Å². The SMILES string of the molecule is CCOc1cc(C2c3c(oc4ccccc4c3=O)C(=O)N2c2ccc(Br)cc2)ccc1O. The number of phenolic OH excluding ortho intramolecular Hbond substituents is 1. The Balaban J connectivity index is 1.79. The first kappa shape index (κ1) is 20.3. The van der Waals surface area contributed by atoms with E-state index in [-0.39, 0.29) is 28.3 Å². The fourth-order valence-electron chi connectivity index (χ4n) is 4.07. The summed E-state index contributed by atoms with van der Waals surface area (Å²) in [6.07, 6.45) is 0. The van der Waals surface area contributed by atoms with Crippen LogP contribution in [0.25, 0.3) is 11.0 Å². The molecule has 0 bridgehead atoms. The van der Waals surface area contributed by atoms with Gasteiger partial charge in [-0.25, -0.2) is 0 Å². The highest BCUT2D eigenvalue weighted by Gasteiger charge is 2.43. The van der Waals surface area contributed by atoms with Crippen molar-refractivity contribution in [2.45, 2.75) is 13.0 Å². The van der Waals surface area contributed by atoms with Gasteiger partial charge in [0.2, 0.25) is 5.76 Å². The highest BCUT2D eigenvalue weighted by molar-refractivity contribution is 9.10. The zero-order valence-corrected chi connectivity index (χ0v) is 18.6. The van der Waals surface area contributed by atoms with Gasteiger partial charge in [-0.1, -0.05) is 34.1 Å². The summed E-state index contributed by atoms with van der Waals surface area (Å²) in [7, 11) is 0. The predicted octanol–water partition coefficient (Wildman–Crippen LogP) is 5.41. The first-order chi connectivity index (χ1) is 15.5. The number of hydrogen-bond donors (Lipinski definition) is 1. The van der Waals surface area contributed by atoms with Gasteiger partial charge in [0.15, 0.2) is 16.9 Å². The largest absolute Gasteiger partial charge is 0.504 e. The second-order valence-electron chi connectivity index (χ2n) is 7.38. The van der Waals surface area contributed by atoms with Gasteiger partial charge in [0.05, 0.1) is 23.6 Å². The van der Waals surface area contributed by atoms with E-state index in [1.807, 2.05) is 19.1 Å². The minimum absolute atomic E-state index is 0.0131. The van der Waals surface area contributed by atoms with Crippen LogP contribution < -0.4 is 15.1 Å². The Morgan fingerprint density at radius 1 is 1.06 bits per heavy atom. The molecule has 0 saturated carbocycles. The lowest BCUT2D eigenvalue weighted by Crippen LogP contribution is -2.29. The van der Waals surface area contributed by atoms with Gasteiger partial charge in [0.25, 0.3) is 5.91 Å². The highest BCUT2D eigenvalue weighted by atomic mass is 79.9. The summed E-state index contributed by atoms with van der Waals surface area (Å²) in [6.45, 7) is 2.18. The van der Waals surface area contributed by atoms with Gasteiger partial charge < -0.3 is 14.3 Å². The molecule has 0 fully saturated rings. The number of hydrogen-bond acceptors (Lipinski definition) is 5. The maximum atomic E-state index is 13.5. The molecule has 160 valence electrons. The molecule has 4 aromatic rings. The van der Waals surface area contributed by atoms with Crippen molar-refractivity contribution in [2.75, 3.05) is 11.5 Å². The molecule has 1 atom stereocenters. The molecular formula is C25H18BrNO5. The van der Waals surface area contributed by atoms with Crippen molar-refractivity contribution in [3.63, 3.8) is 0 Å². The fourth-order valence-corrected chi connectivity index (χ4v) is 4.34. The zero-order valence-electron chi connectivity index (χ0n) is 17.0. The number of fused-ring (bicyclic) bond motifs is 2. The predicted molar refractivity (Wildman–Crippen MR) is 125 cm³/mol. The molecule has 1 amide bonds. The Kier molecular flexibility index (Phi) is 4.98. The Morgan fingerprint density at radius 2 is 1.81 bits per heavy atom. The minimum Gasteiger partial charge on any atom is -0.504 e. The number of nitrogens with zero attached hydrogens (tertiary/aromatic N) is 1. The molecule has 0 aliphatic carbocycles. The number of phenols is 1. The highest BCUT2D eigenvalue weighted by Crippen LogP contribution is 2.43. The molecule has 1 N–H and O–H groups in total. The standard InChI is InChI=1S/C25H18BrNO5/c1-2-31-20-13-14(7-12-18(20)28)22-21-23(29)17-5-3-4-6-19(17)32-24(21)25(30)27(22)16-10-8-15(26)9-11-16/h3-13,22,28H,2H2,1H3. The molecular weight excluding hydrogens is 474 g/mol. The summed E-state index contributed by atoms with van der Waals surface area (Å²) in [5, 5.41) is 10.6. The summed E-state index contributed by atoms with van der Waals surface area (Å²) >= 11 is 3.42. The van der Waals surface area contributed by atoms with Gasteiger partial charge in [-0.3, -0.25) is 14.5 Å². The lowest BCUT2D eigenvalue weighted by atomic mass is 9.97. The number of halogens is 1. The first-order valence-corrected chi connectivity index (χ1v) is 10.9. The molecule has 1 unspecified atom stereocenters. The lowest BCUT2D eigenvalue weighted by molar-refractivity contribution is 0.0971. The van der Waals surface area contributed by atoms with Crippen molar-refractivity contribution in [1.82, 2.24) is 0 Å². The first-order valence-electron chi connectivity index (χ1n) is 10.1. The van der Waals surface area contributed by atoms with Crippen molar-refractivity contribution in [1.29, 1.82) is 0 Å². The molecule has 6 nitrogen and oxygen atoms in total. The van der Waals surface area contributed by atoms with Crippen LogP contribution in [0.2, 0.25) is 0 Å². The minimum atomic E-state index is -0.737. The van der Waals surface area contributed by atoms with Crippen molar-refractivity contribution in [3.8, 4) is 11.5 Å². The molecule has 1 aliphatic rings. The van der Waals surface area contributed by atoms with Crippen LogP contribution in [-0.4, -0.2) is 17.6 Å². The van der Waals surface area contributed by atoms with Crippen LogP contribution in [0.1, 0.15) is 34.6 Å². The maximum absolute atomic E-state index is 13.5. The van der Waals surface area contributed by atoms with Crippen LogP contribution in [0.3, 0.4) is 0 Å². The third kappa shape index (κ3) is 3.17. The smallest absolute Gasteiger partial charge is 0.295 e. The fraction of sp³-hybridized carbons (Fsp3) is 0.120. The quantitative estimate of drug-likeness (QED) is 0.412. The van der Waals surface area contributed by atoms with Gasteiger partial charge in [-0.2, -0.15) is 0 Å². The molecule has 7 heteroatoms. The summed E-state index contributed by atoms with van der Waals surface area (Å²) < 4.78 is 12.4. The molecule has 3 aromatic carbocycles. The zero-order chi connectivity index (χ0) is 22.4.